The monoisotopic (exact) mass is 292 g/mol. The molecule has 0 saturated heterocycles. The van der Waals surface area contributed by atoms with Gasteiger partial charge in [0.25, 0.3) is 0 Å². The molecule has 1 aromatic rings. The van der Waals surface area contributed by atoms with Crippen LogP contribution in [0.15, 0.2) is 18.2 Å². The summed E-state index contributed by atoms with van der Waals surface area (Å²) in [6, 6.07) is 5.85. The zero-order valence-electron chi connectivity index (χ0n) is 12.5. The van der Waals surface area contributed by atoms with Crippen LogP contribution in [-0.2, 0) is 11.2 Å². The fourth-order valence-electron chi connectivity index (χ4n) is 2.76. The lowest BCUT2D eigenvalue weighted by atomic mass is 9.96. The first-order chi connectivity index (χ1) is 10.1. The average molecular weight is 292 g/mol. The van der Waals surface area contributed by atoms with Crippen LogP contribution in [0.4, 0.5) is 5.69 Å². The van der Waals surface area contributed by atoms with Gasteiger partial charge < -0.3 is 20.4 Å². The quantitative estimate of drug-likeness (QED) is 0.684. The largest absolute Gasteiger partial charge is 0.395 e. The fourth-order valence-corrected chi connectivity index (χ4v) is 2.76. The Morgan fingerprint density at radius 1 is 1.43 bits per heavy atom. The number of hydrogen-bond donors (Lipinski definition) is 3. The summed E-state index contributed by atoms with van der Waals surface area (Å²) in [4.78, 5) is 13.4. The highest BCUT2D eigenvalue weighted by molar-refractivity contribution is 5.92. The number of aliphatic hydroxyl groups is 2. The fraction of sp³-hybridized carbons (Fsp3) is 0.562. The number of fused-ring (bicyclic) bond motifs is 1. The van der Waals surface area contributed by atoms with Crippen LogP contribution in [0.2, 0.25) is 0 Å². The smallest absolute Gasteiger partial charge is 0.223 e. The van der Waals surface area contributed by atoms with Crippen molar-refractivity contribution in [3.8, 4) is 0 Å². The lowest BCUT2D eigenvalue weighted by Crippen LogP contribution is -2.33. The molecule has 1 aliphatic heterocycles. The van der Waals surface area contributed by atoms with E-state index in [0.29, 0.717) is 19.5 Å². The molecular weight excluding hydrogens is 268 g/mol. The Morgan fingerprint density at radius 2 is 2.24 bits per heavy atom. The molecule has 1 unspecified atom stereocenters. The molecule has 5 nitrogen and oxygen atoms in total. The Kier molecular flexibility index (Phi) is 5.73. The van der Waals surface area contributed by atoms with Crippen LogP contribution in [0, 0.1) is 0 Å². The summed E-state index contributed by atoms with van der Waals surface area (Å²) < 4.78 is 0. The zero-order valence-corrected chi connectivity index (χ0v) is 12.5. The van der Waals surface area contributed by atoms with Crippen molar-refractivity contribution in [3.63, 3.8) is 0 Å². The van der Waals surface area contributed by atoms with E-state index in [9.17, 15) is 9.90 Å². The van der Waals surface area contributed by atoms with Gasteiger partial charge in [-0.15, -0.1) is 0 Å². The van der Waals surface area contributed by atoms with E-state index < -0.39 is 6.10 Å². The lowest BCUT2D eigenvalue weighted by molar-refractivity contribution is -0.116. The van der Waals surface area contributed by atoms with Crippen molar-refractivity contribution in [1.29, 1.82) is 0 Å². The van der Waals surface area contributed by atoms with Crippen LogP contribution in [0.1, 0.15) is 37.0 Å². The maximum absolute atomic E-state index is 11.6. The normalized spacial score (nSPS) is 15.7. The third-order valence-electron chi connectivity index (χ3n) is 3.87. The Labute approximate surface area is 125 Å². The van der Waals surface area contributed by atoms with Crippen molar-refractivity contribution < 1.29 is 15.0 Å². The topological polar surface area (TPSA) is 72.8 Å². The minimum atomic E-state index is -0.519. The molecule has 0 bridgehead atoms. The number of carbonyl (C=O) groups is 1. The Hall–Kier alpha value is -1.43. The lowest BCUT2D eigenvalue weighted by Gasteiger charge is -2.29. The number of hydrogen-bond acceptors (Lipinski definition) is 4. The third kappa shape index (κ3) is 4.03. The number of nitrogens with zero attached hydrogens (tertiary/aromatic N) is 1. The summed E-state index contributed by atoms with van der Waals surface area (Å²) in [7, 11) is 0. The number of benzene rings is 1. The van der Waals surface area contributed by atoms with Crippen molar-refractivity contribution in [1.82, 2.24) is 5.32 Å². The van der Waals surface area contributed by atoms with Gasteiger partial charge in [0.2, 0.25) is 5.91 Å². The van der Waals surface area contributed by atoms with Crippen molar-refractivity contribution in [2.24, 2.45) is 0 Å². The molecule has 1 atom stereocenters. The highest BCUT2D eigenvalue weighted by atomic mass is 16.3. The highest BCUT2D eigenvalue weighted by Crippen LogP contribution is 2.30. The second-order valence-corrected chi connectivity index (χ2v) is 5.44. The maximum Gasteiger partial charge on any atom is 0.223 e. The van der Waals surface area contributed by atoms with E-state index in [2.05, 4.69) is 5.32 Å². The first kappa shape index (κ1) is 15.9. The van der Waals surface area contributed by atoms with E-state index in [1.165, 1.54) is 0 Å². The second-order valence-electron chi connectivity index (χ2n) is 5.44. The molecule has 1 heterocycles. The van der Waals surface area contributed by atoms with Crippen molar-refractivity contribution in [2.75, 3.05) is 31.1 Å². The molecule has 0 saturated carbocycles. The van der Waals surface area contributed by atoms with Gasteiger partial charge in [-0.1, -0.05) is 12.1 Å². The van der Waals surface area contributed by atoms with E-state index in [0.717, 1.165) is 36.2 Å². The second kappa shape index (κ2) is 7.54. The molecule has 0 fully saturated rings. The van der Waals surface area contributed by atoms with Gasteiger partial charge in [0.05, 0.1) is 12.7 Å². The number of amides is 1. The average Bonchev–Trinajstić information content (AvgIpc) is 2.50. The highest BCUT2D eigenvalue weighted by Gasteiger charge is 2.21. The summed E-state index contributed by atoms with van der Waals surface area (Å²) in [6.07, 6.45) is 2.00. The predicted molar refractivity (Wildman–Crippen MR) is 82.3 cm³/mol. The van der Waals surface area contributed by atoms with Gasteiger partial charge in [-0.2, -0.15) is 0 Å². The van der Waals surface area contributed by atoms with Gasteiger partial charge in [0.1, 0.15) is 0 Å². The van der Waals surface area contributed by atoms with Gasteiger partial charge in [0.15, 0.2) is 0 Å². The van der Waals surface area contributed by atoms with Crippen LogP contribution < -0.4 is 10.2 Å². The van der Waals surface area contributed by atoms with Gasteiger partial charge in [-0.05, 0) is 43.0 Å². The summed E-state index contributed by atoms with van der Waals surface area (Å²) >= 11 is 0. The number of carbonyl (C=O) groups excluding carboxylic acids is 1. The molecule has 3 N–H and O–H groups in total. The Bertz CT molecular complexity index is 490. The molecule has 0 aliphatic carbocycles. The molecule has 0 aromatic heterocycles. The minimum absolute atomic E-state index is 0.0671. The zero-order chi connectivity index (χ0) is 15.2. The molecule has 1 aromatic carbocycles. The standard InChI is InChI=1S/C16H24N2O3/c1-12(20)18-9-2-3-13-11-14(4-5-15(13)18)16(21)6-7-17-8-10-19/h4-5,11,16-17,19,21H,2-3,6-10H2,1H3. The van der Waals surface area contributed by atoms with Gasteiger partial charge in [-0.25, -0.2) is 0 Å². The van der Waals surface area contributed by atoms with E-state index in [-0.39, 0.29) is 12.5 Å². The third-order valence-corrected chi connectivity index (χ3v) is 3.87. The van der Waals surface area contributed by atoms with Crippen molar-refractivity contribution >= 4 is 11.6 Å². The SMILES string of the molecule is CC(=O)N1CCCc2cc(C(O)CCNCCO)ccc21. The van der Waals surface area contributed by atoms with Crippen LogP contribution >= 0.6 is 0 Å². The van der Waals surface area contributed by atoms with Gasteiger partial charge >= 0.3 is 0 Å². The van der Waals surface area contributed by atoms with E-state index >= 15 is 0 Å². The molecule has 21 heavy (non-hydrogen) atoms. The summed E-state index contributed by atoms with van der Waals surface area (Å²) in [5.41, 5.74) is 3.00. The van der Waals surface area contributed by atoms with E-state index in [1.54, 1.807) is 11.8 Å². The van der Waals surface area contributed by atoms with Gasteiger partial charge in [0, 0.05) is 25.7 Å². The van der Waals surface area contributed by atoms with Crippen LogP contribution in [0.5, 0.6) is 0 Å². The summed E-state index contributed by atoms with van der Waals surface area (Å²) in [5.74, 6) is 0.0671. The van der Waals surface area contributed by atoms with E-state index in [1.807, 2.05) is 18.2 Å². The molecular formula is C16H24N2O3. The van der Waals surface area contributed by atoms with Crippen LogP contribution in [0.3, 0.4) is 0 Å². The number of nitrogens with one attached hydrogen (secondary N) is 1. The van der Waals surface area contributed by atoms with Crippen molar-refractivity contribution in [2.45, 2.75) is 32.3 Å². The maximum atomic E-state index is 11.6. The predicted octanol–water partition coefficient (Wildman–Crippen LogP) is 0.991. The molecule has 1 amide bonds. The number of anilines is 1. The first-order valence-electron chi connectivity index (χ1n) is 7.54. The first-order valence-corrected chi connectivity index (χ1v) is 7.54. The molecule has 0 spiro atoms. The van der Waals surface area contributed by atoms with Crippen molar-refractivity contribution in [3.05, 3.63) is 29.3 Å². The number of aliphatic hydroxyl groups excluding tert-OH is 2. The molecule has 1 aliphatic rings. The van der Waals surface area contributed by atoms with Crippen LogP contribution in [-0.4, -0.2) is 42.4 Å². The molecule has 0 radical (unpaired) electrons. The molecule has 5 heteroatoms. The van der Waals surface area contributed by atoms with E-state index in [4.69, 9.17) is 5.11 Å². The molecule has 2 rings (SSSR count). The van der Waals surface area contributed by atoms with Crippen LogP contribution in [0.25, 0.3) is 0 Å². The summed E-state index contributed by atoms with van der Waals surface area (Å²) in [5, 5.41) is 22.0. The minimum Gasteiger partial charge on any atom is -0.395 e. The molecule has 116 valence electrons. The Morgan fingerprint density at radius 3 is 2.95 bits per heavy atom. The van der Waals surface area contributed by atoms with Gasteiger partial charge in [-0.3, -0.25) is 4.79 Å². The Balaban J connectivity index is 2.04. The number of rotatable bonds is 6. The summed E-state index contributed by atoms with van der Waals surface area (Å²) in [6.45, 7) is 3.68. The number of aryl methyl sites for hydroxylation is 1.